The molecule has 1 saturated heterocycles. The first kappa shape index (κ1) is 17.3. The summed E-state index contributed by atoms with van der Waals surface area (Å²) in [6, 6.07) is 8.01. The van der Waals surface area contributed by atoms with Gasteiger partial charge in [-0.2, -0.15) is 0 Å². The molecule has 1 aromatic carbocycles. The van der Waals surface area contributed by atoms with Crippen molar-refractivity contribution in [1.29, 1.82) is 0 Å². The van der Waals surface area contributed by atoms with E-state index in [-0.39, 0.29) is 11.8 Å². The molecule has 1 aliphatic rings. The first-order chi connectivity index (χ1) is 12.0. The number of amides is 1. The van der Waals surface area contributed by atoms with Gasteiger partial charge in [-0.05, 0) is 18.1 Å². The molecule has 0 aliphatic carbocycles. The Balaban J connectivity index is 1.69. The number of rotatable bonds is 4. The number of aryl methyl sites for hydroxylation is 1. The summed E-state index contributed by atoms with van der Waals surface area (Å²) in [7, 11) is 1.67. The molecule has 1 amide bonds. The van der Waals surface area contributed by atoms with Gasteiger partial charge in [0.2, 0.25) is 5.76 Å². The van der Waals surface area contributed by atoms with Crippen molar-refractivity contribution in [1.82, 2.24) is 9.88 Å². The molecule has 134 valence electrons. The minimum atomic E-state index is -0.0606. The molecule has 2 aromatic rings. The van der Waals surface area contributed by atoms with Gasteiger partial charge in [-0.1, -0.05) is 19.9 Å². The molecule has 0 bridgehead atoms. The number of ether oxygens (including phenoxy) is 1. The van der Waals surface area contributed by atoms with Crippen LogP contribution >= 0.6 is 0 Å². The summed E-state index contributed by atoms with van der Waals surface area (Å²) >= 11 is 0. The number of hydrogen-bond donors (Lipinski definition) is 0. The molecule has 0 unspecified atom stereocenters. The van der Waals surface area contributed by atoms with Crippen molar-refractivity contribution < 1.29 is 13.9 Å². The van der Waals surface area contributed by atoms with Gasteiger partial charge in [-0.15, -0.1) is 0 Å². The van der Waals surface area contributed by atoms with Gasteiger partial charge in [0.1, 0.15) is 5.75 Å². The van der Waals surface area contributed by atoms with E-state index in [0.29, 0.717) is 24.7 Å². The van der Waals surface area contributed by atoms with Crippen molar-refractivity contribution in [2.45, 2.75) is 26.7 Å². The van der Waals surface area contributed by atoms with Crippen LogP contribution < -0.4 is 9.64 Å². The Hall–Kier alpha value is -2.50. The van der Waals surface area contributed by atoms with Gasteiger partial charge < -0.3 is 19.0 Å². The lowest BCUT2D eigenvalue weighted by atomic mass is 10.1. The Morgan fingerprint density at radius 1 is 1.24 bits per heavy atom. The number of nitrogens with zero attached hydrogens (tertiary/aromatic N) is 3. The third-order valence-electron chi connectivity index (χ3n) is 4.49. The van der Waals surface area contributed by atoms with Crippen molar-refractivity contribution in [3.63, 3.8) is 0 Å². The summed E-state index contributed by atoms with van der Waals surface area (Å²) in [5, 5.41) is 0. The first-order valence-electron chi connectivity index (χ1n) is 8.65. The lowest BCUT2D eigenvalue weighted by Gasteiger charge is -2.36. The average molecular weight is 343 g/mol. The number of benzene rings is 1. The molecule has 0 saturated carbocycles. The molecule has 6 nitrogen and oxygen atoms in total. The van der Waals surface area contributed by atoms with Crippen LogP contribution in [0.2, 0.25) is 0 Å². The summed E-state index contributed by atoms with van der Waals surface area (Å²) in [5.41, 5.74) is 1.86. The number of carbonyl (C=O) groups excluding carboxylic acids is 1. The fraction of sp³-hybridized carbons (Fsp3) is 0.474. The molecular weight excluding hydrogens is 318 g/mol. The first-order valence-corrected chi connectivity index (χ1v) is 8.65. The molecule has 1 fully saturated rings. The molecule has 1 aliphatic heterocycles. The van der Waals surface area contributed by atoms with Crippen LogP contribution in [0, 0.1) is 6.92 Å². The van der Waals surface area contributed by atoms with Crippen molar-refractivity contribution in [3.05, 3.63) is 41.6 Å². The molecule has 0 spiro atoms. The number of aromatic nitrogens is 1. The standard InChI is InChI=1S/C19H25N3O3/c1-13(2)17-18(25-14(3)20-17)19(23)22-10-8-21(9-11-22)15-6-5-7-16(12-15)24-4/h5-7,12-13H,8-11H2,1-4H3. The molecule has 0 radical (unpaired) electrons. The zero-order valence-electron chi connectivity index (χ0n) is 15.3. The van der Waals surface area contributed by atoms with Crippen LogP contribution in [0.25, 0.3) is 0 Å². The van der Waals surface area contributed by atoms with Gasteiger partial charge in [-0.25, -0.2) is 4.98 Å². The van der Waals surface area contributed by atoms with Crippen LogP contribution in [0.15, 0.2) is 28.7 Å². The highest BCUT2D eigenvalue weighted by atomic mass is 16.5. The fourth-order valence-corrected chi connectivity index (χ4v) is 3.11. The highest BCUT2D eigenvalue weighted by Gasteiger charge is 2.28. The quantitative estimate of drug-likeness (QED) is 0.854. The molecular formula is C19H25N3O3. The Kier molecular flexibility index (Phi) is 4.97. The van der Waals surface area contributed by atoms with E-state index in [1.165, 1.54) is 0 Å². The van der Waals surface area contributed by atoms with Crippen molar-refractivity contribution in [3.8, 4) is 5.75 Å². The van der Waals surface area contributed by atoms with E-state index in [4.69, 9.17) is 9.15 Å². The van der Waals surface area contributed by atoms with Crippen LogP contribution in [0.5, 0.6) is 5.75 Å². The predicted molar refractivity (Wildman–Crippen MR) is 96.4 cm³/mol. The van der Waals surface area contributed by atoms with Gasteiger partial charge in [-0.3, -0.25) is 4.79 Å². The SMILES string of the molecule is COc1cccc(N2CCN(C(=O)c3oc(C)nc3C(C)C)CC2)c1. The van der Waals surface area contributed by atoms with E-state index in [1.807, 2.05) is 36.9 Å². The number of methoxy groups -OCH3 is 1. The monoisotopic (exact) mass is 343 g/mol. The lowest BCUT2D eigenvalue weighted by molar-refractivity contribution is 0.0711. The summed E-state index contributed by atoms with van der Waals surface area (Å²) in [6.45, 7) is 8.71. The Morgan fingerprint density at radius 2 is 1.96 bits per heavy atom. The Morgan fingerprint density at radius 3 is 2.60 bits per heavy atom. The van der Waals surface area contributed by atoms with Gasteiger partial charge in [0.25, 0.3) is 5.91 Å². The molecule has 1 aromatic heterocycles. The van der Waals surface area contributed by atoms with Crippen LogP contribution in [-0.2, 0) is 0 Å². The smallest absolute Gasteiger partial charge is 0.291 e. The van der Waals surface area contributed by atoms with Crippen molar-refractivity contribution in [2.24, 2.45) is 0 Å². The Bertz CT molecular complexity index is 746. The molecule has 6 heteroatoms. The number of hydrogen-bond acceptors (Lipinski definition) is 5. The molecule has 25 heavy (non-hydrogen) atoms. The van der Waals surface area contributed by atoms with Crippen LogP contribution in [-0.4, -0.2) is 49.1 Å². The predicted octanol–water partition coefficient (Wildman–Crippen LogP) is 3.08. The van der Waals surface area contributed by atoms with E-state index in [9.17, 15) is 4.79 Å². The van der Waals surface area contributed by atoms with Gasteiger partial charge >= 0.3 is 0 Å². The van der Waals surface area contributed by atoms with E-state index in [0.717, 1.165) is 30.2 Å². The molecule has 2 heterocycles. The minimum absolute atomic E-state index is 0.0606. The van der Waals surface area contributed by atoms with Crippen LogP contribution in [0.1, 0.15) is 41.9 Å². The number of oxazole rings is 1. The average Bonchev–Trinajstić information content (AvgIpc) is 3.03. The van der Waals surface area contributed by atoms with Gasteiger partial charge in [0.05, 0.1) is 12.8 Å². The summed E-state index contributed by atoms with van der Waals surface area (Å²) < 4.78 is 10.9. The topological polar surface area (TPSA) is 58.8 Å². The number of anilines is 1. The fourth-order valence-electron chi connectivity index (χ4n) is 3.11. The normalized spacial score (nSPS) is 14.9. The minimum Gasteiger partial charge on any atom is -0.497 e. The maximum atomic E-state index is 12.8. The van der Waals surface area contributed by atoms with E-state index in [2.05, 4.69) is 16.0 Å². The van der Waals surface area contributed by atoms with Crippen molar-refractivity contribution in [2.75, 3.05) is 38.2 Å². The lowest BCUT2D eigenvalue weighted by Crippen LogP contribution is -2.48. The molecule has 0 N–H and O–H groups in total. The molecule has 0 atom stereocenters. The van der Waals surface area contributed by atoms with Gasteiger partial charge in [0.15, 0.2) is 5.89 Å². The second-order valence-corrected chi connectivity index (χ2v) is 6.58. The Labute approximate surface area is 148 Å². The summed E-state index contributed by atoms with van der Waals surface area (Å²) in [5.74, 6) is 1.88. The second-order valence-electron chi connectivity index (χ2n) is 6.58. The summed E-state index contributed by atoms with van der Waals surface area (Å²) in [6.07, 6.45) is 0. The number of piperazine rings is 1. The molecule has 3 rings (SSSR count). The van der Waals surface area contributed by atoms with E-state index >= 15 is 0 Å². The highest BCUT2D eigenvalue weighted by molar-refractivity contribution is 5.93. The van der Waals surface area contributed by atoms with Crippen molar-refractivity contribution >= 4 is 11.6 Å². The zero-order valence-corrected chi connectivity index (χ0v) is 15.3. The number of carbonyl (C=O) groups is 1. The third-order valence-corrected chi connectivity index (χ3v) is 4.49. The third kappa shape index (κ3) is 3.62. The van der Waals surface area contributed by atoms with Crippen LogP contribution in [0.3, 0.4) is 0 Å². The highest BCUT2D eigenvalue weighted by Crippen LogP contribution is 2.24. The maximum Gasteiger partial charge on any atom is 0.291 e. The van der Waals surface area contributed by atoms with Gasteiger partial charge in [0, 0.05) is 44.9 Å². The van der Waals surface area contributed by atoms with Crippen LogP contribution in [0.4, 0.5) is 5.69 Å². The maximum absolute atomic E-state index is 12.8. The van der Waals surface area contributed by atoms with E-state index in [1.54, 1.807) is 14.0 Å². The second kappa shape index (κ2) is 7.17. The summed E-state index contributed by atoms with van der Waals surface area (Å²) in [4.78, 5) is 21.3. The van der Waals surface area contributed by atoms with E-state index < -0.39 is 0 Å². The largest absolute Gasteiger partial charge is 0.497 e. The zero-order chi connectivity index (χ0) is 18.0.